The molecule has 40 heavy (non-hydrogen) atoms. The van der Waals surface area contributed by atoms with E-state index >= 15 is 0 Å². The van der Waals surface area contributed by atoms with Gasteiger partial charge < -0.3 is 24.3 Å². The van der Waals surface area contributed by atoms with E-state index in [-0.39, 0.29) is 0 Å². The molecule has 2 aromatic heterocycles. The summed E-state index contributed by atoms with van der Waals surface area (Å²) in [5.74, 6) is 2.04. The Morgan fingerprint density at radius 1 is 0.900 bits per heavy atom. The maximum Gasteiger partial charge on any atom is 0.163 e. The highest BCUT2D eigenvalue weighted by Crippen LogP contribution is 2.36. The first-order valence-electron chi connectivity index (χ1n) is 13.8. The first kappa shape index (κ1) is 27.0. The van der Waals surface area contributed by atoms with Crippen molar-refractivity contribution in [2.45, 2.75) is 6.92 Å². The number of benzene rings is 2. The molecule has 0 saturated carbocycles. The molecule has 2 saturated heterocycles. The maximum atomic E-state index is 6.52. The summed E-state index contributed by atoms with van der Waals surface area (Å²) >= 11 is 6.52. The van der Waals surface area contributed by atoms with Crippen LogP contribution in [0.15, 0.2) is 42.9 Å². The number of fused-ring (bicyclic) bond motifs is 3. The van der Waals surface area contributed by atoms with E-state index in [0.717, 1.165) is 93.5 Å². The largest absolute Gasteiger partial charge is 0.488 e. The van der Waals surface area contributed by atoms with E-state index in [1.807, 2.05) is 41.7 Å². The fourth-order valence-electron chi connectivity index (χ4n) is 5.11. The van der Waals surface area contributed by atoms with Crippen molar-refractivity contribution in [2.24, 2.45) is 0 Å². The first-order valence-corrected chi connectivity index (χ1v) is 14.2. The fourth-order valence-corrected chi connectivity index (χ4v) is 5.38. The standard InChI is InChI=1S/C29H35ClN6O4/c1-21-3-2-4-22(30)28(21)33-29-25-19-31-20-36(25)24-18-27(40-16-10-35-7-13-38-14-8-35)26(17-23(24)32-29)39-15-9-34-5-11-37-12-6-34/h2-4,17-20H,5-16H2,1H3,(H,32,33). The van der Waals surface area contributed by atoms with Gasteiger partial charge >= 0.3 is 0 Å². The number of nitrogens with zero attached hydrogens (tertiary/aromatic N) is 5. The number of aryl methyl sites for hydroxylation is 1. The molecule has 2 aliphatic heterocycles. The average Bonchev–Trinajstić information content (AvgIpc) is 3.47. The molecule has 0 spiro atoms. The van der Waals surface area contributed by atoms with Gasteiger partial charge in [-0.3, -0.25) is 14.2 Å². The van der Waals surface area contributed by atoms with Gasteiger partial charge in [0.25, 0.3) is 0 Å². The zero-order valence-corrected chi connectivity index (χ0v) is 23.5. The number of hydrogen-bond donors (Lipinski definition) is 1. The number of morpholine rings is 2. The van der Waals surface area contributed by atoms with Crippen molar-refractivity contribution in [3.8, 4) is 11.5 Å². The van der Waals surface area contributed by atoms with Crippen LogP contribution in [0.4, 0.5) is 11.5 Å². The van der Waals surface area contributed by atoms with E-state index in [9.17, 15) is 0 Å². The summed E-state index contributed by atoms with van der Waals surface area (Å²) in [5.41, 5.74) is 4.34. The van der Waals surface area contributed by atoms with Crippen LogP contribution in [0.5, 0.6) is 11.5 Å². The normalized spacial score (nSPS) is 16.9. The third-order valence-electron chi connectivity index (χ3n) is 7.42. The predicted molar refractivity (Wildman–Crippen MR) is 155 cm³/mol. The van der Waals surface area contributed by atoms with Gasteiger partial charge in [0.1, 0.15) is 18.7 Å². The van der Waals surface area contributed by atoms with Crippen LogP contribution in [0.2, 0.25) is 5.02 Å². The van der Waals surface area contributed by atoms with Crippen molar-refractivity contribution in [1.29, 1.82) is 0 Å². The summed E-state index contributed by atoms with van der Waals surface area (Å²) < 4.78 is 25.6. The molecule has 0 amide bonds. The molecule has 1 N–H and O–H groups in total. The van der Waals surface area contributed by atoms with Gasteiger partial charge in [-0.25, -0.2) is 9.97 Å². The molecular weight excluding hydrogens is 532 g/mol. The van der Waals surface area contributed by atoms with Crippen molar-refractivity contribution >= 4 is 39.7 Å². The maximum absolute atomic E-state index is 6.52. The summed E-state index contributed by atoms with van der Waals surface area (Å²) in [5, 5.41) is 4.08. The smallest absolute Gasteiger partial charge is 0.163 e. The minimum atomic E-state index is 0.544. The molecule has 212 valence electrons. The van der Waals surface area contributed by atoms with E-state index < -0.39 is 0 Å². The van der Waals surface area contributed by atoms with Crippen LogP contribution in [0.3, 0.4) is 0 Å². The number of rotatable bonds is 10. The number of para-hydroxylation sites is 1. The van der Waals surface area contributed by atoms with Crippen LogP contribution >= 0.6 is 11.6 Å². The molecule has 0 radical (unpaired) electrons. The van der Waals surface area contributed by atoms with E-state index in [4.69, 9.17) is 35.5 Å². The van der Waals surface area contributed by atoms with Crippen molar-refractivity contribution in [2.75, 3.05) is 84.2 Å². The fraction of sp³-hybridized carbons (Fsp3) is 0.448. The Morgan fingerprint density at radius 2 is 1.55 bits per heavy atom. The molecule has 4 heterocycles. The molecule has 10 nitrogen and oxygen atoms in total. The van der Waals surface area contributed by atoms with Gasteiger partial charge in [-0.15, -0.1) is 0 Å². The molecule has 0 unspecified atom stereocenters. The minimum absolute atomic E-state index is 0.544. The van der Waals surface area contributed by atoms with E-state index in [2.05, 4.69) is 20.1 Å². The Hall–Kier alpha value is -3.15. The number of anilines is 2. The van der Waals surface area contributed by atoms with E-state index in [1.54, 1.807) is 12.5 Å². The van der Waals surface area contributed by atoms with Gasteiger partial charge in [0.2, 0.25) is 0 Å². The number of aromatic nitrogens is 3. The third-order valence-corrected chi connectivity index (χ3v) is 7.73. The molecule has 2 aromatic carbocycles. The monoisotopic (exact) mass is 566 g/mol. The quantitative estimate of drug-likeness (QED) is 0.306. The molecule has 0 bridgehead atoms. The van der Waals surface area contributed by atoms with Crippen LogP contribution in [0, 0.1) is 6.92 Å². The Bertz CT molecular complexity index is 1430. The first-order chi connectivity index (χ1) is 19.7. The van der Waals surface area contributed by atoms with Crippen LogP contribution < -0.4 is 14.8 Å². The minimum Gasteiger partial charge on any atom is -0.488 e. The number of halogens is 1. The number of imidazole rings is 1. The van der Waals surface area contributed by atoms with Crippen LogP contribution in [0.25, 0.3) is 16.6 Å². The molecule has 2 aliphatic rings. The highest BCUT2D eigenvalue weighted by molar-refractivity contribution is 6.33. The van der Waals surface area contributed by atoms with Crippen LogP contribution in [-0.4, -0.2) is 103 Å². The van der Waals surface area contributed by atoms with Crippen molar-refractivity contribution in [3.63, 3.8) is 0 Å². The van der Waals surface area contributed by atoms with Crippen molar-refractivity contribution < 1.29 is 18.9 Å². The zero-order valence-electron chi connectivity index (χ0n) is 22.8. The summed E-state index contributed by atoms with van der Waals surface area (Å²) in [6.07, 6.45) is 3.59. The van der Waals surface area contributed by atoms with Gasteiger partial charge in [-0.1, -0.05) is 23.7 Å². The lowest BCUT2D eigenvalue weighted by Gasteiger charge is -2.27. The summed E-state index contributed by atoms with van der Waals surface area (Å²) in [6, 6.07) is 9.79. The topological polar surface area (TPSA) is 85.6 Å². The third kappa shape index (κ3) is 6.11. The molecular formula is C29H35ClN6O4. The molecule has 6 rings (SSSR count). The summed E-state index contributed by atoms with van der Waals surface area (Å²) in [4.78, 5) is 14.1. The Balaban J connectivity index is 1.30. The second kappa shape index (κ2) is 12.6. The van der Waals surface area contributed by atoms with Crippen molar-refractivity contribution in [3.05, 3.63) is 53.4 Å². The van der Waals surface area contributed by atoms with Crippen LogP contribution in [-0.2, 0) is 9.47 Å². The van der Waals surface area contributed by atoms with Gasteiger partial charge in [0, 0.05) is 51.4 Å². The van der Waals surface area contributed by atoms with Gasteiger partial charge in [0.15, 0.2) is 17.3 Å². The number of ether oxygens (including phenoxy) is 4. The van der Waals surface area contributed by atoms with Crippen LogP contribution in [0.1, 0.15) is 5.56 Å². The SMILES string of the molecule is Cc1cccc(Cl)c1Nc1nc2cc(OCCN3CCOCC3)c(OCCN3CCOCC3)cc2n2cncc12. The molecule has 4 aromatic rings. The Morgan fingerprint density at radius 3 is 2.20 bits per heavy atom. The lowest BCUT2D eigenvalue weighted by Crippen LogP contribution is -2.39. The van der Waals surface area contributed by atoms with Gasteiger partial charge in [0.05, 0.1) is 60.7 Å². The zero-order chi connectivity index (χ0) is 27.3. The van der Waals surface area contributed by atoms with Gasteiger partial charge in [-0.2, -0.15) is 0 Å². The highest BCUT2D eigenvalue weighted by Gasteiger charge is 2.18. The Labute approximate surface area is 238 Å². The number of hydrogen-bond acceptors (Lipinski definition) is 9. The second-order valence-corrected chi connectivity index (χ2v) is 10.5. The summed E-state index contributed by atoms with van der Waals surface area (Å²) in [6.45, 7) is 11.5. The summed E-state index contributed by atoms with van der Waals surface area (Å²) in [7, 11) is 0. The predicted octanol–water partition coefficient (Wildman–Crippen LogP) is 4.01. The average molecular weight is 567 g/mol. The second-order valence-electron chi connectivity index (χ2n) is 10.1. The molecule has 0 aliphatic carbocycles. The van der Waals surface area contributed by atoms with Crippen molar-refractivity contribution in [1.82, 2.24) is 24.2 Å². The van der Waals surface area contributed by atoms with E-state index in [1.165, 1.54) is 0 Å². The highest BCUT2D eigenvalue weighted by atomic mass is 35.5. The number of nitrogens with one attached hydrogen (secondary N) is 1. The molecule has 11 heteroatoms. The molecule has 2 fully saturated rings. The lowest BCUT2D eigenvalue weighted by molar-refractivity contribution is 0.0305. The van der Waals surface area contributed by atoms with E-state index in [0.29, 0.717) is 35.6 Å². The Kier molecular flexibility index (Phi) is 8.50. The molecule has 0 atom stereocenters. The van der Waals surface area contributed by atoms with Gasteiger partial charge in [-0.05, 0) is 18.6 Å². The lowest BCUT2D eigenvalue weighted by atomic mass is 10.2.